The Balaban J connectivity index is 0.00000220. The number of phenolic OH excluding ortho intramolecular Hbond substituents is 1. The highest BCUT2D eigenvalue weighted by atomic mass is 35.5. The molecule has 0 spiro atoms. The average Bonchev–Trinajstić information content (AvgIpc) is 2.40. The fourth-order valence-electron chi connectivity index (χ4n) is 2.00. The summed E-state index contributed by atoms with van der Waals surface area (Å²) in [6.45, 7) is -1.04. The van der Waals surface area contributed by atoms with E-state index < -0.39 is 24.7 Å². The SMILES string of the molecule is COc1cc(O)cc(OC)c1[C@@H]1NC(=O)OCC1(F)F.Cl. The fourth-order valence-corrected chi connectivity index (χ4v) is 2.00. The fraction of sp³-hybridized carbons (Fsp3) is 0.417. The number of carbonyl (C=O) groups is 1. The number of methoxy groups -OCH3 is 2. The van der Waals surface area contributed by atoms with Gasteiger partial charge in [0.05, 0.1) is 19.8 Å². The molecule has 2 N–H and O–H groups in total. The van der Waals surface area contributed by atoms with Gasteiger partial charge in [0, 0.05) is 12.1 Å². The van der Waals surface area contributed by atoms with Crippen molar-refractivity contribution in [3.63, 3.8) is 0 Å². The van der Waals surface area contributed by atoms with Crippen molar-refractivity contribution in [2.45, 2.75) is 12.0 Å². The highest BCUT2D eigenvalue weighted by Gasteiger charge is 2.49. The molecule has 1 heterocycles. The number of hydrogen-bond acceptors (Lipinski definition) is 5. The van der Waals surface area contributed by atoms with Crippen molar-refractivity contribution in [1.29, 1.82) is 0 Å². The van der Waals surface area contributed by atoms with Crippen LogP contribution in [0.2, 0.25) is 0 Å². The van der Waals surface area contributed by atoms with Crippen LogP contribution < -0.4 is 14.8 Å². The van der Waals surface area contributed by atoms with Crippen molar-refractivity contribution in [3.8, 4) is 17.2 Å². The molecule has 9 heteroatoms. The lowest BCUT2D eigenvalue weighted by atomic mass is 9.97. The lowest BCUT2D eigenvalue weighted by Crippen LogP contribution is -2.49. The molecule has 0 bridgehead atoms. The van der Waals surface area contributed by atoms with Crippen molar-refractivity contribution in [3.05, 3.63) is 17.7 Å². The van der Waals surface area contributed by atoms with Gasteiger partial charge in [-0.05, 0) is 0 Å². The van der Waals surface area contributed by atoms with E-state index in [1.807, 2.05) is 5.32 Å². The standard InChI is InChI=1S/C12H13F2NO5.ClH/c1-18-7-3-6(16)4-8(19-2)9(7)10-12(13,14)5-20-11(17)15-10;/h3-4,10,16H,5H2,1-2H3,(H,15,17);1H/t10-;/m0./s1. The second kappa shape index (κ2) is 6.21. The van der Waals surface area contributed by atoms with Crippen LogP contribution in [0.1, 0.15) is 11.6 Å². The minimum Gasteiger partial charge on any atom is -0.508 e. The predicted octanol–water partition coefficient (Wildman–Crippen LogP) is 2.25. The van der Waals surface area contributed by atoms with E-state index in [0.29, 0.717) is 0 Å². The summed E-state index contributed by atoms with van der Waals surface area (Å²) in [6, 6.07) is 0.653. The molecule has 118 valence electrons. The van der Waals surface area contributed by atoms with E-state index in [2.05, 4.69) is 4.74 Å². The largest absolute Gasteiger partial charge is 0.508 e. The molecule has 1 fully saturated rings. The summed E-state index contributed by atoms with van der Waals surface area (Å²) >= 11 is 0. The number of rotatable bonds is 3. The van der Waals surface area contributed by atoms with Gasteiger partial charge >= 0.3 is 12.0 Å². The first-order valence-electron chi connectivity index (χ1n) is 5.65. The lowest BCUT2D eigenvalue weighted by molar-refractivity contribution is -0.105. The van der Waals surface area contributed by atoms with Crippen LogP contribution >= 0.6 is 12.4 Å². The molecule has 0 saturated carbocycles. The number of ether oxygens (including phenoxy) is 3. The number of nitrogens with one attached hydrogen (secondary N) is 1. The van der Waals surface area contributed by atoms with E-state index in [0.717, 1.165) is 12.1 Å². The number of alkyl carbamates (subject to hydrolysis) is 1. The maximum absolute atomic E-state index is 13.9. The molecule has 1 aliphatic rings. The molecular weight excluding hydrogens is 312 g/mol. The number of phenols is 1. The van der Waals surface area contributed by atoms with E-state index in [-0.39, 0.29) is 35.2 Å². The lowest BCUT2D eigenvalue weighted by Gasteiger charge is -2.33. The first-order valence-corrected chi connectivity index (χ1v) is 5.65. The molecular formula is C12H14ClF2NO5. The normalized spacial score (nSPS) is 19.8. The van der Waals surface area contributed by atoms with Crippen molar-refractivity contribution in [2.75, 3.05) is 20.8 Å². The van der Waals surface area contributed by atoms with E-state index in [9.17, 15) is 18.7 Å². The van der Waals surface area contributed by atoms with Crippen LogP contribution in [0.15, 0.2) is 12.1 Å². The number of hydrogen-bond donors (Lipinski definition) is 2. The monoisotopic (exact) mass is 325 g/mol. The summed E-state index contributed by atoms with van der Waals surface area (Å²) in [4.78, 5) is 11.2. The first kappa shape index (κ1) is 17.1. The first-order chi connectivity index (χ1) is 9.39. The topological polar surface area (TPSA) is 77.0 Å². The molecule has 1 amide bonds. The third kappa shape index (κ3) is 3.21. The van der Waals surface area contributed by atoms with E-state index in [4.69, 9.17) is 9.47 Å². The Morgan fingerprint density at radius 3 is 2.33 bits per heavy atom. The van der Waals surface area contributed by atoms with Gasteiger partial charge in [-0.3, -0.25) is 0 Å². The molecule has 21 heavy (non-hydrogen) atoms. The van der Waals surface area contributed by atoms with Gasteiger partial charge in [0.2, 0.25) is 0 Å². The molecule has 1 aromatic carbocycles. The van der Waals surface area contributed by atoms with Crippen molar-refractivity contribution >= 4 is 18.5 Å². The van der Waals surface area contributed by atoms with Crippen molar-refractivity contribution < 1.29 is 32.9 Å². The second-order valence-electron chi connectivity index (χ2n) is 4.18. The Morgan fingerprint density at radius 2 is 1.86 bits per heavy atom. The number of benzene rings is 1. The number of aromatic hydroxyl groups is 1. The average molecular weight is 326 g/mol. The molecule has 0 unspecified atom stereocenters. The summed E-state index contributed by atoms with van der Waals surface area (Å²) in [5.74, 6) is -3.59. The van der Waals surface area contributed by atoms with E-state index in [1.54, 1.807) is 0 Å². The van der Waals surface area contributed by atoms with Gasteiger partial charge in [-0.25, -0.2) is 13.6 Å². The second-order valence-corrected chi connectivity index (χ2v) is 4.18. The van der Waals surface area contributed by atoms with Crippen molar-refractivity contribution in [2.24, 2.45) is 0 Å². The van der Waals surface area contributed by atoms with Gasteiger partial charge in [0.1, 0.15) is 23.3 Å². The molecule has 0 aromatic heterocycles. The van der Waals surface area contributed by atoms with Gasteiger partial charge in [-0.15, -0.1) is 12.4 Å². The van der Waals surface area contributed by atoms with Gasteiger partial charge in [0.15, 0.2) is 6.61 Å². The minimum atomic E-state index is -3.34. The highest BCUT2D eigenvalue weighted by molar-refractivity contribution is 5.85. The molecule has 0 radical (unpaired) electrons. The number of halogens is 3. The maximum Gasteiger partial charge on any atom is 0.408 e. The van der Waals surface area contributed by atoms with Crippen LogP contribution in [0.4, 0.5) is 13.6 Å². The molecule has 2 rings (SSSR count). The molecule has 1 atom stereocenters. The number of amides is 1. The zero-order chi connectivity index (χ0) is 14.9. The van der Waals surface area contributed by atoms with Crippen LogP contribution in [0.3, 0.4) is 0 Å². The third-order valence-corrected chi connectivity index (χ3v) is 2.90. The Labute approximate surface area is 125 Å². The Kier molecular flexibility index (Phi) is 5.06. The Bertz CT molecular complexity index is 515. The number of cyclic esters (lactones) is 1. The zero-order valence-corrected chi connectivity index (χ0v) is 12.0. The maximum atomic E-state index is 13.9. The Morgan fingerprint density at radius 1 is 1.33 bits per heavy atom. The van der Waals surface area contributed by atoms with Crippen LogP contribution in [0, 0.1) is 0 Å². The summed E-state index contributed by atoms with van der Waals surface area (Å²) in [5, 5.41) is 11.5. The Hall–Kier alpha value is -1.96. The van der Waals surface area contributed by atoms with Gasteiger partial charge in [0.25, 0.3) is 0 Å². The van der Waals surface area contributed by atoms with Crippen molar-refractivity contribution in [1.82, 2.24) is 5.32 Å². The molecule has 1 aliphatic heterocycles. The van der Waals surface area contributed by atoms with Gasteiger partial charge < -0.3 is 24.6 Å². The molecule has 6 nitrogen and oxygen atoms in total. The van der Waals surface area contributed by atoms with E-state index in [1.165, 1.54) is 14.2 Å². The quantitative estimate of drug-likeness (QED) is 0.891. The third-order valence-electron chi connectivity index (χ3n) is 2.90. The number of alkyl halides is 2. The van der Waals surface area contributed by atoms with Crippen LogP contribution in [-0.2, 0) is 4.74 Å². The van der Waals surface area contributed by atoms with Gasteiger partial charge in [-0.1, -0.05) is 0 Å². The van der Waals surface area contributed by atoms with Gasteiger partial charge in [-0.2, -0.15) is 0 Å². The molecule has 1 saturated heterocycles. The van der Waals surface area contributed by atoms with E-state index >= 15 is 0 Å². The summed E-state index contributed by atoms with van der Waals surface area (Å²) in [6.07, 6.45) is -0.960. The predicted molar refractivity (Wildman–Crippen MR) is 70.6 cm³/mol. The molecule has 0 aliphatic carbocycles. The highest BCUT2D eigenvalue weighted by Crippen LogP contribution is 2.44. The summed E-state index contributed by atoms with van der Waals surface area (Å²) in [7, 11) is 2.52. The smallest absolute Gasteiger partial charge is 0.408 e. The molecule has 1 aromatic rings. The summed E-state index contributed by atoms with van der Waals surface area (Å²) in [5.41, 5.74) is -0.0607. The van der Waals surface area contributed by atoms with Crippen LogP contribution in [0.25, 0.3) is 0 Å². The zero-order valence-electron chi connectivity index (χ0n) is 11.2. The minimum absolute atomic E-state index is 0. The van der Waals surface area contributed by atoms with Crippen LogP contribution in [0.5, 0.6) is 17.2 Å². The summed E-state index contributed by atoms with van der Waals surface area (Å²) < 4.78 is 42.2. The van der Waals surface area contributed by atoms with Crippen LogP contribution in [-0.4, -0.2) is 37.9 Å². The number of carbonyl (C=O) groups excluding carboxylic acids is 1.